The maximum atomic E-state index is 12.5. The molecule has 0 aliphatic carbocycles. The normalized spacial score (nSPS) is 12.3. The van der Waals surface area contributed by atoms with Crippen molar-refractivity contribution in [2.24, 2.45) is 0 Å². The molecule has 0 aliphatic rings. The van der Waals surface area contributed by atoms with E-state index >= 15 is 0 Å². The quantitative estimate of drug-likeness (QED) is 0.729. The number of amides is 1. The zero-order chi connectivity index (χ0) is 14.8. The van der Waals surface area contributed by atoms with Crippen LogP contribution in [0, 0.1) is 0 Å². The molecule has 0 bridgehead atoms. The van der Waals surface area contributed by atoms with E-state index in [1.54, 1.807) is 10.7 Å². The number of anilines is 1. The molecule has 5 heteroatoms. The van der Waals surface area contributed by atoms with Crippen molar-refractivity contribution in [2.45, 2.75) is 11.8 Å². The van der Waals surface area contributed by atoms with Crippen molar-refractivity contribution in [1.29, 1.82) is 0 Å². The highest BCUT2D eigenvalue weighted by molar-refractivity contribution is 9.09. The molecule has 2 heterocycles. The monoisotopic (exact) mass is 343 g/mol. The van der Waals surface area contributed by atoms with Gasteiger partial charge in [-0.3, -0.25) is 4.79 Å². The van der Waals surface area contributed by atoms with E-state index in [0.29, 0.717) is 5.56 Å². The summed E-state index contributed by atoms with van der Waals surface area (Å²) < 4.78 is 1.69. The van der Waals surface area contributed by atoms with Gasteiger partial charge in [-0.2, -0.15) is 5.10 Å². The van der Waals surface area contributed by atoms with Crippen LogP contribution in [0.4, 0.5) is 5.69 Å². The summed E-state index contributed by atoms with van der Waals surface area (Å²) in [5.41, 5.74) is 3.21. The van der Waals surface area contributed by atoms with Crippen LogP contribution in [0.5, 0.6) is 0 Å². The van der Waals surface area contributed by atoms with Crippen molar-refractivity contribution in [3.8, 4) is 0 Å². The summed E-state index contributed by atoms with van der Waals surface area (Å²) in [6, 6.07) is 13.4. The van der Waals surface area contributed by atoms with Crippen LogP contribution < -0.4 is 5.32 Å². The summed E-state index contributed by atoms with van der Waals surface area (Å²) in [5, 5.41) is 7.15. The van der Waals surface area contributed by atoms with Gasteiger partial charge < -0.3 is 5.32 Å². The Morgan fingerprint density at radius 1 is 1.24 bits per heavy atom. The van der Waals surface area contributed by atoms with Crippen LogP contribution in [-0.4, -0.2) is 15.5 Å². The second kappa shape index (κ2) is 5.69. The number of carbonyl (C=O) groups is 1. The van der Waals surface area contributed by atoms with Gasteiger partial charge in [-0.25, -0.2) is 4.52 Å². The Morgan fingerprint density at radius 2 is 2.00 bits per heavy atom. The summed E-state index contributed by atoms with van der Waals surface area (Å²) in [6.45, 7) is 2.03. The molecule has 2 aromatic heterocycles. The highest BCUT2D eigenvalue weighted by atomic mass is 79.9. The van der Waals surface area contributed by atoms with Crippen LogP contribution in [0.2, 0.25) is 0 Å². The minimum Gasteiger partial charge on any atom is -0.322 e. The van der Waals surface area contributed by atoms with E-state index in [1.807, 2.05) is 55.6 Å². The highest BCUT2D eigenvalue weighted by Gasteiger charge is 2.15. The number of carbonyl (C=O) groups excluding carboxylic acids is 1. The first kappa shape index (κ1) is 13.8. The molecule has 3 aromatic rings. The fraction of sp³-hybridized carbons (Fsp3) is 0.125. The minimum absolute atomic E-state index is 0.156. The predicted molar refractivity (Wildman–Crippen MR) is 86.9 cm³/mol. The van der Waals surface area contributed by atoms with Crippen LogP contribution >= 0.6 is 15.9 Å². The zero-order valence-electron chi connectivity index (χ0n) is 11.5. The molecule has 0 radical (unpaired) electrons. The molecule has 3 rings (SSSR count). The topological polar surface area (TPSA) is 46.4 Å². The number of pyridine rings is 1. The van der Waals surface area contributed by atoms with Gasteiger partial charge in [0.2, 0.25) is 0 Å². The molecule has 0 spiro atoms. The van der Waals surface area contributed by atoms with Crippen molar-refractivity contribution in [3.05, 3.63) is 66.0 Å². The van der Waals surface area contributed by atoms with Crippen LogP contribution in [-0.2, 0) is 0 Å². The first-order valence-corrected chi connectivity index (χ1v) is 7.55. The van der Waals surface area contributed by atoms with Crippen molar-refractivity contribution in [3.63, 3.8) is 0 Å². The maximum Gasteiger partial charge on any atom is 0.259 e. The Labute approximate surface area is 130 Å². The number of halogens is 1. The van der Waals surface area contributed by atoms with Gasteiger partial charge in [0.05, 0.1) is 17.3 Å². The lowest BCUT2D eigenvalue weighted by atomic mass is 10.1. The number of hydrogen-bond acceptors (Lipinski definition) is 2. The fourth-order valence-electron chi connectivity index (χ4n) is 2.26. The predicted octanol–water partition coefficient (Wildman–Crippen LogP) is 4.04. The van der Waals surface area contributed by atoms with Gasteiger partial charge in [0.25, 0.3) is 5.91 Å². The van der Waals surface area contributed by atoms with Gasteiger partial charge in [-0.15, -0.1) is 0 Å². The molecular formula is C16H14BrN3O. The minimum atomic E-state index is -0.156. The number of nitrogens with one attached hydrogen (secondary N) is 1. The Balaban J connectivity index is 1.94. The summed E-state index contributed by atoms with van der Waals surface area (Å²) in [5.74, 6) is -0.156. The van der Waals surface area contributed by atoms with Crippen molar-refractivity contribution >= 4 is 33.0 Å². The second-order valence-corrected chi connectivity index (χ2v) is 6.12. The second-order valence-electron chi connectivity index (χ2n) is 4.75. The van der Waals surface area contributed by atoms with Gasteiger partial charge in [0, 0.05) is 16.7 Å². The van der Waals surface area contributed by atoms with Crippen LogP contribution in [0.1, 0.15) is 27.7 Å². The molecule has 1 amide bonds. The Kier molecular flexibility index (Phi) is 3.75. The lowest BCUT2D eigenvalue weighted by molar-refractivity contribution is 0.102. The van der Waals surface area contributed by atoms with Crippen molar-refractivity contribution < 1.29 is 4.79 Å². The van der Waals surface area contributed by atoms with Crippen molar-refractivity contribution in [1.82, 2.24) is 9.61 Å². The van der Waals surface area contributed by atoms with Crippen molar-refractivity contribution in [2.75, 3.05) is 5.32 Å². The average Bonchev–Trinajstić information content (AvgIpc) is 2.91. The number of alkyl halides is 1. The van der Waals surface area contributed by atoms with E-state index in [-0.39, 0.29) is 10.7 Å². The number of benzene rings is 1. The van der Waals surface area contributed by atoms with E-state index in [0.717, 1.165) is 16.8 Å². The van der Waals surface area contributed by atoms with E-state index in [4.69, 9.17) is 0 Å². The lowest BCUT2D eigenvalue weighted by Crippen LogP contribution is -2.13. The molecule has 0 fully saturated rings. The van der Waals surface area contributed by atoms with Crippen LogP contribution in [0.15, 0.2) is 54.9 Å². The molecule has 106 valence electrons. The molecule has 4 nitrogen and oxygen atoms in total. The molecule has 0 saturated heterocycles. The lowest BCUT2D eigenvalue weighted by Gasteiger charge is -2.12. The standard InChI is InChI=1S/C16H14BrN3O/c1-11(17)12-6-2-3-7-14(12)19-16(21)13-10-18-20-9-5-4-8-15(13)20/h2-11H,1H3,(H,19,21). The summed E-state index contributed by atoms with van der Waals surface area (Å²) >= 11 is 3.54. The van der Waals surface area contributed by atoms with E-state index in [1.165, 1.54) is 0 Å². The first-order chi connectivity index (χ1) is 10.2. The summed E-state index contributed by atoms with van der Waals surface area (Å²) in [7, 11) is 0. The third-order valence-electron chi connectivity index (χ3n) is 3.31. The third kappa shape index (κ3) is 2.69. The fourth-order valence-corrected chi connectivity index (χ4v) is 2.66. The number of fused-ring (bicyclic) bond motifs is 1. The van der Waals surface area contributed by atoms with Gasteiger partial charge in [0.15, 0.2) is 0 Å². The van der Waals surface area contributed by atoms with Gasteiger partial charge >= 0.3 is 0 Å². The van der Waals surface area contributed by atoms with E-state index in [2.05, 4.69) is 26.3 Å². The van der Waals surface area contributed by atoms with Crippen LogP contribution in [0.25, 0.3) is 5.52 Å². The molecular weight excluding hydrogens is 330 g/mol. The summed E-state index contributed by atoms with van der Waals surface area (Å²) in [4.78, 5) is 12.6. The number of nitrogens with zero attached hydrogens (tertiary/aromatic N) is 2. The third-order valence-corrected chi connectivity index (χ3v) is 3.80. The number of rotatable bonds is 3. The smallest absolute Gasteiger partial charge is 0.259 e. The van der Waals surface area contributed by atoms with E-state index < -0.39 is 0 Å². The number of aromatic nitrogens is 2. The molecule has 0 aliphatic heterocycles. The zero-order valence-corrected chi connectivity index (χ0v) is 13.0. The van der Waals surface area contributed by atoms with Gasteiger partial charge in [-0.1, -0.05) is 40.2 Å². The maximum absolute atomic E-state index is 12.5. The van der Waals surface area contributed by atoms with Crippen LogP contribution in [0.3, 0.4) is 0 Å². The Hall–Kier alpha value is -2.14. The molecule has 1 atom stereocenters. The molecule has 1 aromatic carbocycles. The first-order valence-electron chi connectivity index (χ1n) is 6.63. The largest absolute Gasteiger partial charge is 0.322 e. The SMILES string of the molecule is CC(Br)c1ccccc1NC(=O)c1cnn2ccccc12. The molecule has 0 saturated carbocycles. The number of para-hydroxylation sites is 1. The Morgan fingerprint density at radius 3 is 2.81 bits per heavy atom. The van der Waals surface area contributed by atoms with Gasteiger partial charge in [0.1, 0.15) is 0 Å². The molecule has 1 unspecified atom stereocenters. The van der Waals surface area contributed by atoms with Gasteiger partial charge in [-0.05, 0) is 30.7 Å². The number of hydrogen-bond donors (Lipinski definition) is 1. The van der Waals surface area contributed by atoms with E-state index in [9.17, 15) is 4.79 Å². The molecule has 1 N–H and O–H groups in total. The average molecular weight is 344 g/mol. The highest BCUT2D eigenvalue weighted by Crippen LogP contribution is 2.29. The Bertz CT molecular complexity index is 795. The molecule has 21 heavy (non-hydrogen) atoms. The summed E-state index contributed by atoms with van der Waals surface area (Å²) in [6.07, 6.45) is 3.41.